The Labute approximate surface area is 164 Å². The molecule has 164 valence electrons. The zero-order valence-corrected chi connectivity index (χ0v) is 15.3. The minimum Gasteiger partial charge on any atom is -0.481 e. The summed E-state index contributed by atoms with van der Waals surface area (Å²) in [4.78, 5) is 67.5. The van der Waals surface area contributed by atoms with E-state index in [-0.39, 0.29) is 12.8 Å². The molecular weight excluding hydrogens is 396 g/mol. The van der Waals surface area contributed by atoms with E-state index in [9.17, 15) is 33.9 Å². The highest BCUT2D eigenvalue weighted by Gasteiger charge is 2.26. The van der Waals surface area contributed by atoms with Gasteiger partial charge in [-0.3, -0.25) is 24.0 Å². The first-order valence-electron chi connectivity index (χ1n) is 8.38. The molecule has 0 rings (SSSR count). The average Bonchev–Trinajstić information content (AvgIpc) is 2.64. The quantitative estimate of drug-likeness (QED) is 0.135. The molecule has 0 saturated carbocycles. The van der Waals surface area contributed by atoms with Crippen LogP contribution in [0.1, 0.15) is 25.7 Å². The molecule has 0 aliphatic carbocycles. The average molecular weight is 420 g/mol. The fourth-order valence-electron chi connectivity index (χ4n) is 1.95. The summed E-state index contributed by atoms with van der Waals surface area (Å²) in [5.41, 5.74) is 5.45. The number of aliphatic hydroxyl groups is 1. The van der Waals surface area contributed by atoms with Gasteiger partial charge in [0.2, 0.25) is 17.7 Å². The van der Waals surface area contributed by atoms with Gasteiger partial charge in [-0.1, -0.05) is 0 Å². The van der Waals surface area contributed by atoms with Crippen molar-refractivity contribution in [2.45, 2.75) is 43.8 Å². The normalized spacial score (nSPS) is 13.4. The number of rotatable bonds is 14. The number of carboxylic acid groups (broad SMARTS) is 3. The van der Waals surface area contributed by atoms with E-state index in [1.165, 1.54) is 0 Å². The predicted octanol–water partition coefficient (Wildman–Crippen LogP) is -3.79. The van der Waals surface area contributed by atoms with Crippen molar-refractivity contribution < 1.29 is 49.2 Å². The van der Waals surface area contributed by atoms with E-state index in [2.05, 4.69) is 10.6 Å². The highest BCUT2D eigenvalue weighted by Crippen LogP contribution is 1.99. The first kappa shape index (κ1) is 25.7. The van der Waals surface area contributed by atoms with Gasteiger partial charge in [0.25, 0.3) is 0 Å². The number of hydrogen-bond donors (Lipinski definition) is 8. The van der Waals surface area contributed by atoms with Crippen molar-refractivity contribution in [1.29, 1.82) is 0 Å². The van der Waals surface area contributed by atoms with Gasteiger partial charge >= 0.3 is 17.9 Å². The van der Waals surface area contributed by atoms with Crippen molar-refractivity contribution in [2.75, 3.05) is 13.2 Å². The molecule has 0 spiro atoms. The Morgan fingerprint density at radius 2 is 1.34 bits per heavy atom. The second kappa shape index (κ2) is 13.0. The summed E-state index contributed by atoms with van der Waals surface area (Å²) in [6.07, 6.45) is -1.44. The van der Waals surface area contributed by atoms with Gasteiger partial charge in [0.15, 0.2) is 0 Å². The maximum atomic E-state index is 12.0. The highest BCUT2D eigenvalue weighted by atomic mass is 16.4. The van der Waals surface area contributed by atoms with E-state index in [1.54, 1.807) is 0 Å². The third-order valence-corrected chi connectivity index (χ3v) is 3.52. The van der Waals surface area contributed by atoms with Gasteiger partial charge in [-0.05, 0) is 12.8 Å². The van der Waals surface area contributed by atoms with Crippen molar-refractivity contribution in [3.8, 4) is 0 Å². The monoisotopic (exact) mass is 420 g/mol. The van der Waals surface area contributed by atoms with Crippen LogP contribution in [0.4, 0.5) is 0 Å². The molecule has 9 N–H and O–H groups in total. The van der Waals surface area contributed by atoms with Crippen LogP contribution in [0.15, 0.2) is 0 Å². The van der Waals surface area contributed by atoms with Gasteiger partial charge in [-0.15, -0.1) is 0 Å². The molecule has 0 aliphatic heterocycles. The number of aliphatic carboxylic acids is 3. The zero-order chi connectivity index (χ0) is 22.6. The topological polar surface area (TPSA) is 245 Å². The SMILES string of the molecule is NC(CCC(=O)O)C(=O)NCC(=O)NC(CO)C(=O)NC(CCC(=O)O)C(=O)O. The Morgan fingerprint density at radius 1 is 0.793 bits per heavy atom. The molecule has 29 heavy (non-hydrogen) atoms. The smallest absolute Gasteiger partial charge is 0.326 e. The van der Waals surface area contributed by atoms with Crippen LogP contribution in [-0.2, 0) is 28.8 Å². The summed E-state index contributed by atoms with van der Waals surface area (Å²) in [6, 6.07) is -4.26. The summed E-state index contributed by atoms with van der Waals surface area (Å²) in [5.74, 6) is -6.68. The molecule has 0 fully saturated rings. The molecule has 0 heterocycles. The number of aliphatic hydroxyl groups excluding tert-OH is 1. The number of amides is 3. The van der Waals surface area contributed by atoms with Crippen LogP contribution in [0.25, 0.3) is 0 Å². The first-order chi connectivity index (χ1) is 13.5. The van der Waals surface area contributed by atoms with Crippen LogP contribution in [0.2, 0.25) is 0 Å². The van der Waals surface area contributed by atoms with E-state index in [1.807, 2.05) is 5.32 Å². The molecular formula is C15H24N4O10. The maximum absolute atomic E-state index is 12.0. The molecule has 0 aromatic heterocycles. The molecule has 14 nitrogen and oxygen atoms in total. The summed E-state index contributed by atoms with van der Waals surface area (Å²) < 4.78 is 0. The Balaban J connectivity index is 4.59. The van der Waals surface area contributed by atoms with Crippen LogP contribution in [0.5, 0.6) is 0 Å². The summed E-state index contributed by atoms with van der Waals surface area (Å²) in [6.45, 7) is -1.53. The Hall–Kier alpha value is -3.26. The number of carbonyl (C=O) groups is 6. The number of carbonyl (C=O) groups excluding carboxylic acids is 3. The summed E-state index contributed by atoms with van der Waals surface area (Å²) in [5, 5.41) is 41.5. The zero-order valence-electron chi connectivity index (χ0n) is 15.3. The lowest BCUT2D eigenvalue weighted by atomic mass is 10.1. The molecule has 0 radical (unpaired) electrons. The molecule has 3 unspecified atom stereocenters. The highest BCUT2D eigenvalue weighted by molar-refractivity contribution is 5.92. The maximum Gasteiger partial charge on any atom is 0.326 e. The van der Waals surface area contributed by atoms with E-state index in [0.717, 1.165) is 0 Å². The summed E-state index contributed by atoms with van der Waals surface area (Å²) >= 11 is 0. The van der Waals surface area contributed by atoms with Gasteiger partial charge in [-0.2, -0.15) is 0 Å². The lowest BCUT2D eigenvalue weighted by Gasteiger charge is -2.20. The van der Waals surface area contributed by atoms with E-state index in [0.29, 0.717) is 0 Å². The second-order valence-corrected chi connectivity index (χ2v) is 5.89. The molecule has 0 aromatic rings. The van der Waals surface area contributed by atoms with E-state index in [4.69, 9.17) is 21.1 Å². The van der Waals surface area contributed by atoms with Crippen molar-refractivity contribution >= 4 is 35.6 Å². The van der Waals surface area contributed by atoms with E-state index >= 15 is 0 Å². The van der Waals surface area contributed by atoms with Crippen molar-refractivity contribution in [3.05, 3.63) is 0 Å². The fraction of sp³-hybridized carbons (Fsp3) is 0.600. The van der Waals surface area contributed by atoms with Crippen LogP contribution in [0.3, 0.4) is 0 Å². The Morgan fingerprint density at radius 3 is 1.83 bits per heavy atom. The Kier molecular flexibility index (Phi) is 11.5. The largest absolute Gasteiger partial charge is 0.481 e. The molecule has 3 amide bonds. The third kappa shape index (κ3) is 11.2. The molecule has 14 heteroatoms. The van der Waals surface area contributed by atoms with Crippen LogP contribution in [-0.4, -0.2) is 87.3 Å². The molecule has 0 aliphatic rings. The molecule has 0 saturated heterocycles. The molecule has 0 aromatic carbocycles. The van der Waals surface area contributed by atoms with Crippen LogP contribution < -0.4 is 21.7 Å². The van der Waals surface area contributed by atoms with Gasteiger partial charge in [0.1, 0.15) is 12.1 Å². The fourth-order valence-corrected chi connectivity index (χ4v) is 1.95. The minimum atomic E-state index is -1.55. The molecule has 0 bridgehead atoms. The van der Waals surface area contributed by atoms with Crippen molar-refractivity contribution in [2.24, 2.45) is 5.73 Å². The number of nitrogens with one attached hydrogen (secondary N) is 3. The van der Waals surface area contributed by atoms with Gasteiger partial charge in [-0.25, -0.2) is 4.79 Å². The standard InChI is InChI=1S/C15H24N4O10/c16-7(1-3-11(22)23)13(26)17-5-10(21)18-9(6-20)14(27)19-8(15(28)29)2-4-12(24)25/h7-9,20H,1-6,16H2,(H,17,26)(H,18,21)(H,19,27)(H,22,23)(H,24,25)(H,28,29). The molecule has 3 atom stereocenters. The van der Waals surface area contributed by atoms with E-state index < -0.39 is 79.7 Å². The minimum absolute atomic E-state index is 0.155. The summed E-state index contributed by atoms with van der Waals surface area (Å²) in [7, 11) is 0. The second-order valence-electron chi connectivity index (χ2n) is 5.89. The lowest BCUT2D eigenvalue weighted by molar-refractivity contribution is -0.143. The third-order valence-electron chi connectivity index (χ3n) is 3.52. The lowest BCUT2D eigenvalue weighted by Crippen LogP contribution is -2.55. The van der Waals surface area contributed by atoms with Crippen LogP contribution in [0, 0.1) is 0 Å². The number of carboxylic acids is 3. The van der Waals surface area contributed by atoms with Gasteiger partial charge in [0.05, 0.1) is 19.2 Å². The predicted molar refractivity (Wildman–Crippen MR) is 93.3 cm³/mol. The van der Waals surface area contributed by atoms with Crippen LogP contribution >= 0.6 is 0 Å². The number of hydrogen-bond acceptors (Lipinski definition) is 8. The number of nitrogens with two attached hydrogens (primary N) is 1. The van der Waals surface area contributed by atoms with Crippen molar-refractivity contribution in [3.63, 3.8) is 0 Å². The first-order valence-corrected chi connectivity index (χ1v) is 8.38. The van der Waals surface area contributed by atoms with Crippen molar-refractivity contribution in [1.82, 2.24) is 16.0 Å². The van der Waals surface area contributed by atoms with Gasteiger partial charge in [0, 0.05) is 12.8 Å². The Bertz CT molecular complexity index is 639. The van der Waals surface area contributed by atoms with Gasteiger partial charge < -0.3 is 42.1 Å².